The Balaban J connectivity index is 1.49. The van der Waals surface area contributed by atoms with Crippen LogP contribution in [0.15, 0.2) is 24.3 Å². The first kappa shape index (κ1) is 20.1. The van der Waals surface area contributed by atoms with Crippen molar-refractivity contribution in [1.29, 1.82) is 0 Å². The van der Waals surface area contributed by atoms with E-state index >= 15 is 0 Å². The first-order chi connectivity index (χ1) is 13.5. The molecule has 0 radical (unpaired) electrons. The van der Waals surface area contributed by atoms with Gasteiger partial charge in [0.25, 0.3) is 0 Å². The third-order valence-electron chi connectivity index (χ3n) is 5.16. The van der Waals surface area contributed by atoms with Crippen LogP contribution in [0.5, 0.6) is 5.75 Å². The van der Waals surface area contributed by atoms with Crippen LogP contribution in [0.4, 0.5) is 5.69 Å². The van der Waals surface area contributed by atoms with Gasteiger partial charge in [0.1, 0.15) is 11.8 Å². The summed E-state index contributed by atoms with van der Waals surface area (Å²) in [6.07, 6.45) is 2.12. The van der Waals surface area contributed by atoms with Gasteiger partial charge in [-0.05, 0) is 44.0 Å². The molecule has 3 amide bonds. The van der Waals surface area contributed by atoms with E-state index in [0.29, 0.717) is 18.8 Å². The lowest BCUT2D eigenvalue weighted by Gasteiger charge is -2.19. The third-order valence-corrected chi connectivity index (χ3v) is 5.16. The second-order valence-electron chi connectivity index (χ2n) is 7.21. The molecule has 2 N–H and O–H groups in total. The molecule has 1 aromatic carbocycles. The van der Waals surface area contributed by atoms with E-state index in [9.17, 15) is 14.4 Å². The van der Waals surface area contributed by atoms with E-state index in [1.165, 1.54) is 0 Å². The molecule has 0 spiro atoms. The maximum atomic E-state index is 12.5. The lowest BCUT2D eigenvalue weighted by Crippen LogP contribution is -2.48. The number of carbonyl (C=O) groups is 3. The number of carbonyl (C=O) groups excluding carboxylic acids is 3. The zero-order valence-corrected chi connectivity index (χ0v) is 16.3. The van der Waals surface area contributed by atoms with E-state index in [2.05, 4.69) is 10.6 Å². The maximum absolute atomic E-state index is 12.5. The molecule has 3 rings (SSSR count). The highest BCUT2D eigenvalue weighted by Crippen LogP contribution is 2.27. The standard InChI is InChI=1S/C20H27N3O5/c1-13(19(25)21-11-17-4-3-9-28-17)22-20(26)14-10-18(24)23(12-14)15-5-7-16(27-2)8-6-15/h5-8,13-14,17H,3-4,9-12H2,1-2H3,(H,21,25)(H,22,26)/t13-,14-,17-/m1/s1. The Morgan fingerprint density at radius 1 is 1.32 bits per heavy atom. The Bertz CT molecular complexity index is 715. The summed E-state index contributed by atoms with van der Waals surface area (Å²) < 4.78 is 10.6. The highest BCUT2D eigenvalue weighted by atomic mass is 16.5. The minimum absolute atomic E-state index is 0.0531. The molecular formula is C20H27N3O5. The quantitative estimate of drug-likeness (QED) is 0.721. The number of hydrogen-bond acceptors (Lipinski definition) is 5. The lowest BCUT2D eigenvalue weighted by atomic mass is 10.1. The van der Waals surface area contributed by atoms with Crippen LogP contribution in [0, 0.1) is 5.92 Å². The Morgan fingerprint density at radius 3 is 2.71 bits per heavy atom. The Labute approximate surface area is 164 Å². The molecule has 8 heteroatoms. The molecule has 28 heavy (non-hydrogen) atoms. The van der Waals surface area contributed by atoms with Gasteiger partial charge in [0, 0.05) is 31.8 Å². The van der Waals surface area contributed by atoms with E-state index in [0.717, 1.165) is 25.1 Å². The van der Waals surface area contributed by atoms with Gasteiger partial charge in [-0.1, -0.05) is 0 Å². The van der Waals surface area contributed by atoms with E-state index in [4.69, 9.17) is 9.47 Å². The number of rotatable bonds is 7. The largest absolute Gasteiger partial charge is 0.497 e. The van der Waals surface area contributed by atoms with Crippen LogP contribution in [0.2, 0.25) is 0 Å². The van der Waals surface area contributed by atoms with Gasteiger partial charge < -0.3 is 25.0 Å². The number of amides is 3. The summed E-state index contributed by atoms with van der Waals surface area (Å²) in [5.74, 6) is -0.430. The van der Waals surface area contributed by atoms with Crippen LogP contribution < -0.4 is 20.3 Å². The van der Waals surface area contributed by atoms with E-state index in [-0.39, 0.29) is 30.2 Å². The molecule has 2 heterocycles. The van der Waals surface area contributed by atoms with Crippen molar-refractivity contribution < 1.29 is 23.9 Å². The van der Waals surface area contributed by atoms with Crippen molar-refractivity contribution in [3.8, 4) is 5.75 Å². The lowest BCUT2D eigenvalue weighted by molar-refractivity contribution is -0.131. The summed E-state index contributed by atoms with van der Waals surface area (Å²) in [5, 5.41) is 5.52. The van der Waals surface area contributed by atoms with Crippen LogP contribution in [-0.2, 0) is 19.1 Å². The van der Waals surface area contributed by atoms with Gasteiger partial charge in [-0.15, -0.1) is 0 Å². The number of nitrogens with zero attached hydrogens (tertiary/aromatic N) is 1. The maximum Gasteiger partial charge on any atom is 0.242 e. The van der Waals surface area contributed by atoms with Gasteiger partial charge >= 0.3 is 0 Å². The highest BCUT2D eigenvalue weighted by Gasteiger charge is 2.36. The Morgan fingerprint density at radius 2 is 2.07 bits per heavy atom. The minimum Gasteiger partial charge on any atom is -0.497 e. The summed E-state index contributed by atoms with van der Waals surface area (Å²) in [6.45, 7) is 3.11. The topological polar surface area (TPSA) is 97.0 Å². The van der Waals surface area contributed by atoms with Gasteiger partial charge in [-0.2, -0.15) is 0 Å². The molecule has 0 unspecified atom stereocenters. The van der Waals surface area contributed by atoms with Gasteiger partial charge in [0.15, 0.2) is 0 Å². The normalized spacial score (nSPS) is 22.8. The molecule has 2 aliphatic heterocycles. The van der Waals surface area contributed by atoms with Crippen LogP contribution in [0.25, 0.3) is 0 Å². The molecule has 0 bridgehead atoms. The van der Waals surface area contributed by atoms with Crippen molar-refractivity contribution in [3.05, 3.63) is 24.3 Å². The molecule has 0 saturated carbocycles. The summed E-state index contributed by atoms with van der Waals surface area (Å²) in [6, 6.07) is 6.46. The molecule has 2 aliphatic rings. The highest BCUT2D eigenvalue weighted by molar-refractivity contribution is 6.01. The fourth-order valence-electron chi connectivity index (χ4n) is 3.46. The molecule has 3 atom stereocenters. The van der Waals surface area contributed by atoms with Crippen molar-refractivity contribution in [2.75, 3.05) is 31.7 Å². The van der Waals surface area contributed by atoms with E-state index in [1.54, 1.807) is 43.2 Å². The molecule has 8 nitrogen and oxygen atoms in total. The van der Waals surface area contributed by atoms with Gasteiger partial charge in [0.05, 0.1) is 19.1 Å². The monoisotopic (exact) mass is 389 g/mol. The first-order valence-corrected chi connectivity index (χ1v) is 9.62. The minimum atomic E-state index is -0.668. The predicted octanol–water partition coefficient (Wildman–Crippen LogP) is 0.848. The van der Waals surface area contributed by atoms with Crippen molar-refractivity contribution in [2.45, 2.75) is 38.3 Å². The SMILES string of the molecule is COc1ccc(N2C[C@H](C(=O)N[C@H](C)C(=O)NC[C@H]3CCCO3)CC2=O)cc1. The predicted molar refractivity (Wildman–Crippen MR) is 103 cm³/mol. The number of anilines is 1. The van der Waals surface area contributed by atoms with Crippen LogP contribution in [0.3, 0.4) is 0 Å². The van der Waals surface area contributed by atoms with Gasteiger partial charge in [-0.3, -0.25) is 14.4 Å². The molecule has 1 aromatic rings. The molecule has 152 valence electrons. The third kappa shape index (κ3) is 4.81. The fourth-order valence-corrected chi connectivity index (χ4v) is 3.46. The number of benzene rings is 1. The van der Waals surface area contributed by atoms with Crippen molar-refractivity contribution >= 4 is 23.4 Å². The summed E-state index contributed by atoms with van der Waals surface area (Å²) in [5.41, 5.74) is 0.725. The van der Waals surface area contributed by atoms with Crippen molar-refractivity contribution in [1.82, 2.24) is 10.6 Å². The number of methoxy groups -OCH3 is 1. The molecule has 2 saturated heterocycles. The number of ether oxygens (including phenoxy) is 2. The Hall–Kier alpha value is -2.61. The van der Waals surface area contributed by atoms with Gasteiger partial charge in [-0.25, -0.2) is 0 Å². The summed E-state index contributed by atoms with van der Waals surface area (Å²) in [7, 11) is 1.58. The zero-order chi connectivity index (χ0) is 20.1. The van der Waals surface area contributed by atoms with E-state index < -0.39 is 12.0 Å². The number of hydrogen-bond donors (Lipinski definition) is 2. The molecular weight excluding hydrogens is 362 g/mol. The molecule has 0 aromatic heterocycles. The molecule has 0 aliphatic carbocycles. The second kappa shape index (κ2) is 9.05. The van der Waals surface area contributed by atoms with Crippen LogP contribution >= 0.6 is 0 Å². The van der Waals surface area contributed by atoms with Crippen molar-refractivity contribution in [3.63, 3.8) is 0 Å². The molecule has 2 fully saturated rings. The fraction of sp³-hybridized carbons (Fsp3) is 0.550. The van der Waals surface area contributed by atoms with Crippen molar-refractivity contribution in [2.24, 2.45) is 5.92 Å². The number of nitrogens with one attached hydrogen (secondary N) is 2. The Kier molecular flexibility index (Phi) is 6.51. The van der Waals surface area contributed by atoms with Crippen LogP contribution in [-0.4, -0.2) is 56.7 Å². The van der Waals surface area contributed by atoms with Crippen LogP contribution in [0.1, 0.15) is 26.2 Å². The first-order valence-electron chi connectivity index (χ1n) is 9.62. The van der Waals surface area contributed by atoms with Gasteiger partial charge in [0.2, 0.25) is 17.7 Å². The summed E-state index contributed by atoms with van der Waals surface area (Å²) >= 11 is 0. The van der Waals surface area contributed by atoms with E-state index in [1.807, 2.05) is 0 Å². The average molecular weight is 389 g/mol. The average Bonchev–Trinajstić information content (AvgIpc) is 3.35. The second-order valence-corrected chi connectivity index (χ2v) is 7.21. The zero-order valence-electron chi connectivity index (χ0n) is 16.3. The summed E-state index contributed by atoms with van der Waals surface area (Å²) in [4.78, 5) is 38.6. The smallest absolute Gasteiger partial charge is 0.242 e.